The van der Waals surface area contributed by atoms with Crippen molar-refractivity contribution in [2.45, 2.75) is 19.0 Å². The molecular weight excluding hydrogens is 248 g/mol. The van der Waals surface area contributed by atoms with E-state index in [1.165, 1.54) is 5.56 Å². The summed E-state index contributed by atoms with van der Waals surface area (Å²) >= 11 is 6.18. The van der Waals surface area contributed by atoms with Gasteiger partial charge in [0.2, 0.25) is 0 Å². The third-order valence-corrected chi connectivity index (χ3v) is 3.64. The molecule has 1 aliphatic heterocycles. The SMILES string of the molecule is Clc1ccc(CNC2CCOC2)c2ncccc12. The van der Waals surface area contributed by atoms with Gasteiger partial charge in [0, 0.05) is 35.8 Å². The maximum Gasteiger partial charge on any atom is 0.0761 e. The van der Waals surface area contributed by atoms with Gasteiger partial charge in [0.1, 0.15) is 0 Å². The molecule has 0 spiro atoms. The third kappa shape index (κ3) is 2.34. The molecule has 1 atom stereocenters. The molecule has 0 saturated carbocycles. The highest BCUT2D eigenvalue weighted by atomic mass is 35.5. The Morgan fingerprint density at radius 3 is 3.17 bits per heavy atom. The van der Waals surface area contributed by atoms with Gasteiger partial charge in [-0.3, -0.25) is 4.98 Å². The minimum atomic E-state index is 0.458. The van der Waals surface area contributed by atoms with Crippen molar-refractivity contribution in [1.29, 1.82) is 0 Å². The number of fused-ring (bicyclic) bond motifs is 1. The molecule has 0 aliphatic carbocycles. The molecule has 3 rings (SSSR count). The van der Waals surface area contributed by atoms with Gasteiger partial charge in [-0.1, -0.05) is 17.7 Å². The van der Waals surface area contributed by atoms with Gasteiger partial charge in [0.05, 0.1) is 12.1 Å². The number of nitrogens with one attached hydrogen (secondary N) is 1. The first-order valence-corrected chi connectivity index (χ1v) is 6.55. The first kappa shape index (κ1) is 11.9. The number of benzene rings is 1. The van der Waals surface area contributed by atoms with Crippen LogP contribution in [0.4, 0.5) is 0 Å². The van der Waals surface area contributed by atoms with Crippen LogP contribution < -0.4 is 5.32 Å². The number of halogens is 1. The van der Waals surface area contributed by atoms with E-state index in [0.717, 1.165) is 42.1 Å². The van der Waals surface area contributed by atoms with Crippen LogP contribution >= 0.6 is 11.6 Å². The quantitative estimate of drug-likeness (QED) is 0.924. The van der Waals surface area contributed by atoms with Crippen molar-refractivity contribution < 1.29 is 4.74 Å². The second-order valence-electron chi connectivity index (χ2n) is 4.55. The largest absolute Gasteiger partial charge is 0.380 e. The smallest absolute Gasteiger partial charge is 0.0761 e. The second-order valence-corrected chi connectivity index (χ2v) is 4.95. The molecule has 18 heavy (non-hydrogen) atoms. The van der Waals surface area contributed by atoms with E-state index in [4.69, 9.17) is 16.3 Å². The Labute approximate surface area is 111 Å². The molecule has 1 aromatic carbocycles. The Morgan fingerprint density at radius 2 is 2.33 bits per heavy atom. The molecule has 0 bridgehead atoms. The highest BCUT2D eigenvalue weighted by Gasteiger charge is 2.15. The van der Waals surface area contributed by atoms with Crippen molar-refractivity contribution in [3.63, 3.8) is 0 Å². The zero-order valence-electron chi connectivity index (χ0n) is 10.0. The zero-order valence-corrected chi connectivity index (χ0v) is 10.8. The number of rotatable bonds is 3. The lowest BCUT2D eigenvalue weighted by Crippen LogP contribution is -2.28. The summed E-state index contributed by atoms with van der Waals surface area (Å²) in [6.07, 6.45) is 2.89. The van der Waals surface area contributed by atoms with Gasteiger partial charge in [0.25, 0.3) is 0 Å². The number of hydrogen-bond donors (Lipinski definition) is 1. The summed E-state index contributed by atoms with van der Waals surface area (Å²) in [7, 11) is 0. The van der Waals surface area contributed by atoms with Crippen molar-refractivity contribution in [3.8, 4) is 0 Å². The summed E-state index contributed by atoms with van der Waals surface area (Å²) in [6.45, 7) is 2.47. The summed E-state index contributed by atoms with van der Waals surface area (Å²) in [5.74, 6) is 0. The van der Waals surface area contributed by atoms with Gasteiger partial charge in [-0.2, -0.15) is 0 Å². The van der Waals surface area contributed by atoms with Crippen molar-refractivity contribution in [2.24, 2.45) is 0 Å². The van der Waals surface area contributed by atoms with Crippen molar-refractivity contribution in [1.82, 2.24) is 10.3 Å². The van der Waals surface area contributed by atoms with Gasteiger partial charge < -0.3 is 10.1 Å². The first-order chi connectivity index (χ1) is 8.84. The van der Waals surface area contributed by atoms with E-state index in [0.29, 0.717) is 6.04 Å². The van der Waals surface area contributed by atoms with Gasteiger partial charge in [0.15, 0.2) is 0 Å². The third-order valence-electron chi connectivity index (χ3n) is 3.31. The molecule has 1 fully saturated rings. The summed E-state index contributed by atoms with van der Waals surface area (Å²) < 4.78 is 5.35. The summed E-state index contributed by atoms with van der Waals surface area (Å²) in [6, 6.07) is 8.36. The lowest BCUT2D eigenvalue weighted by atomic mass is 10.1. The van der Waals surface area contributed by atoms with Crippen molar-refractivity contribution in [3.05, 3.63) is 41.0 Å². The topological polar surface area (TPSA) is 34.1 Å². The molecule has 0 amide bonds. The van der Waals surface area contributed by atoms with Gasteiger partial charge in [-0.15, -0.1) is 0 Å². The fourth-order valence-corrected chi connectivity index (χ4v) is 2.50. The van der Waals surface area contributed by atoms with Crippen LogP contribution in [-0.4, -0.2) is 24.2 Å². The molecule has 94 valence electrons. The molecular formula is C14H15ClN2O. The van der Waals surface area contributed by atoms with Gasteiger partial charge >= 0.3 is 0 Å². The van der Waals surface area contributed by atoms with Crippen LogP contribution in [0.2, 0.25) is 5.02 Å². The molecule has 1 N–H and O–H groups in total. The van der Waals surface area contributed by atoms with Crippen LogP contribution in [0.5, 0.6) is 0 Å². The summed E-state index contributed by atoms with van der Waals surface area (Å²) in [4.78, 5) is 4.43. The fourth-order valence-electron chi connectivity index (χ4n) is 2.29. The Bertz CT molecular complexity index is 552. The maximum absolute atomic E-state index is 6.18. The molecule has 1 aromatic heterocycles. The molecule has 1 aliphatic rings. The normalized spacial score (nSPS) is 19.5. The van der Waals surface area contributed by atoms with Crippen molar-refractivity contribution in [2.75, 3.05) is 13.2 Å². The molecule has 4 heteroatoms. The molecule has 3 nitrogen and oxygen atoms in total. The van der Waals surface area contributed by atoms with E-state index >= 15 is 0 Å². The Kier molecular flexibility index (Phi) is 3.46. The summed E-state index contributed by atoms with van der Waals surface area (Å²) in [5.41, 5.74) is 2.17. The lowest BCUT2D eigenvalue weighted by molar-refractivity contribution is 0.190. The fraction of sp³-hybridized carbons (Fsp3) is 0.357. The van der Waals surface area contributed by atoms with Crippen LogP contribution in [0.15, 0.2) is 30.5 Å². The van der Waals surface area contributed by atoms with Gasteiger partial charge in [-0.25, -0.2) is 0 Å². The van der Waals surface area contributed by atoms with E-state index in [1.807, 2.05) is 24.3 Å². The summed E-state index contributed by atoms with van der Waals surface area (Å²) in [5, 5.41) is 5.27. The van der Waals surface area contributed by atoms with Crippen LogP contribution in [0.1, 0.15) is 12.0 Å². The number of ether oxygens (including phenoxy) is 1. The average molecular weight is 263 g/mol. The minimum Gasteiger partial charge on any atom is -0.380 e. The number of pyridine rings is 1. The highest BCUT2D eigenvalue weighted by molar-refractivity contribution is 6.35. The predicted octanol–water partition coefficient (Wildman–Crippen LogP) is 2.77. The second kappa shape index (κ2) is 5.22. The van der Waals surface area contributed by atoms with Crippen molar-refractivity contribution >= 4 is 22.5 Å². The van der Waals surface area contributed by atoms with E-state index in [-0.39, 0.29) is 0 Å². The lowest BCUT2D eigenvalue weighted by Gasteiger charge is -2.12. The Balaban J connectivity index is 1.85. The zero-order chi connectivity index (χ0) is 12.4. The molecule has 1 saturated heterocycles. The molecule has 2 heterocycles. The Hall–Kier alpha value is -1.16. The van der Waals surface area contributed by atoms with E-state index < -0.39 is 0 Å². The average Bonchev–Trinajstić information content (AvgIpc) is 2.92. The minimum absolute atomic E-state index is 0.458. The number of aromatic nitrogens is 1. The highest BCUT2D eigenvalue weighted by Crippen LogP contribution is 2.24. The van der Waals surface area contributed by atoms with Crippen LogP contribution in [0.25, 0.3) is 10.9 Å². The first-order valence-electron chi connectivity index (χ1n) is 6.18. The Morgan fingerprint density at radius 1 is 1.39 bits per heavy atom. The standard InChI is InChI=1S/C14H15ClN2O/c15-13-4-3-10(8-17-11-5-7-18-9-11)14-12(13)2-1-6-16-14/h1-4,6,11,17H,5,7-9H2. The monoisotopic (exact) mass is 262 g/mol. The van der Waals surface area contributed by atoms with Crippen LogP contribution in [0.3, 0.4) is 0 Å². The number of hydrogen-bond acceptors (Lipinski definition) is 3. The molecule has 1 unspecified atom stereocenters. The molecule has 2 aromatic rings. The molecule has 0 radical (unpaired) electrons. The predicted molar refractivity (Wildman–Crippen MR) is 72.8 cm³/mol. The number of nitrogens with zero attached hydrogens (tertiary/aromatic N) is 1. The maximum atomic E-state index is 6.18. The van der Waals surface area contributed by atoms with E-state index in [1.54, 1.807) is 6.20 Å². The van der Waals surface area contributed by atoms with E-state index in [2.05, 4.69) is 10.3 Å². The van der Waals surface area contributed by atoms with Crippen LogP contribution in [-0.2, 0) is 11.3 Å². The van der Waals surface area contributed by atoms with Gasteiger partial charge in [-0.05, 0) is 30.2 Å². The van der Waals surface area contributed by atoms with Crippen LogP contribution in [0, 0.1) is 0 Å². The van der Waals surface area contributed by atoms with E-state index in [9.17, 15) is 0 Å².